The van der Waals surface area contributed by atoms with Gasteiger partial charge in [0, 0.05) is 23.6 Å². The topological polar surface area (TPSA) is 26.3 Å². The summed E-state index contributed by atoms with van der Waals surface area (Å²) in [5.74, 6) is 0.434. The van der Waals surface area contributed by atoms with Crippen LogP contribution in [0.5, 0.6) is 5.75 Å². The Hall–Kier alpha value is -3.20. The Morgan fingerprint density at radius 1 is 0.889 bits per heavy atom. The fraction of sp³-hybridized carbons (Fsp3) is 0.125. The molecule has 3 heteroatoms. The Morgan fingerprint density at radius 3 is 2.67 bits per heavy atom. The average Bonchev–Trinajstić information content (AvgIpc) is 3.00. The summed E-state index contributed by atoms with van der Waals surface area (Å²) in [5.41, 5.74) is 6.95. The third kappa shape index (κ3) is 2.67. The van der Waals surface area contributed by atoms with Gasteiger partial charge in [0.2, 0.25) is 0 Å². The van der Waals surface area contributed by atoms with Crippen molar-refractivity contribution in [3.8, 4) is 5.75 Å². The second kappa shape index (κ2) is 6.20. The maximum Gasteiger partial charge on any atom is 0.163 e. The molecule has 1 aliphatic heterocycles. The summed E-state index contributed by atoms with van der Waals surface area (Å²) in [6, 6.07) is 18.6. The van der Waals surface area contributed by atoms with Gasteiger partial charge < -0.3 is 4.74 Å². The summed E-state index contributed by atoms with van der Waals surface area (Å²) in [7, 11) is 0. The maximum absolute atomic E-state index is 13.8. The Kier molecular flexibility index (Phi) is 3.68. The first kappa shape index (κ1) is 16.0. The van der Waals surface area contributed by atoms with Gasteiger partial charge in [-0.25, -0.2) is 4.39 Å². The molecule has 27 heavy (non-hydrogen) atoms. The van der Waals surface area contributed by atoms with Crippen molar-refractivity contribution in [3.05, 3.63) is 99.9 Å². The molecule has 0 aromatic heterocycles. The molecule has 0 unspecified atom stereocenters. The minimum atomic E-state index is -0.315. The lowest BCUT2D eigenvalue weighted by Gasteiger charge is -2.12. The smallest absolute Gasteiger partial charge is 0.163 e. The van der Waals surface area contributed by atoms with Crippen molar-refractivity contribution in [3.63, 3.8) is 0 Å². The van der Waals surface area contributed by atoms with E-state index in [2.05, 4.69) is 12.1 Å². The predicted molar refractivity (Wildman–Crippen MR) is 103 cm³/mol. The minimum Gasteiger partial charge on any atom is -0.488 e. The Labute approximate surface area is 156 Å². The molecule has 3 aromatic carbocycles. The van der Waals surface area contributed by atoms with E-state index in [1.807, 2.05) is 36.4 Å². The van der Waals surface area contributed by atoms with Crippen LogP contribution in [0.15, 0.2) is 60.7 Å². The van der Waals surface area contributed by atoms with E-state index in [0.717, 1.165) is 45.4 Å². The first-order valence-electron chi connectivity index (χ1n) is 9.08. The number of carbonyl (C=O) groups excluding carboxylic acids is 1. The molecule has 0 bridgehead atoms. The zero-order chi connectivity index (χ0) is 18.4. The third-order valence-electron chi connectivity index (χ3n) is 5.34. The quantitative estimate of drug-likeness (QED) is 0.581. The number of halogens is 1. The summed E-state index contributed by atoms with van der Waals surface area (Å²) in [4.78, 5) is 12.1. The van der Waals surface area contributed by atoms with Gasteiger partial charge in [-0.2, -0.15) is 0 Å². The molecule has 132 valence electrons. The van der Waals surface area contributed by atoms with Crippen molar-refractivity contribution in [2.45, 2.75) is 19.4 Å². The first-order valence-corrected chi connectivity index (χ1v) is 9.08. The molecule has 0 amide bonds. The van der Waals surface area contributed by atoms with E-state index in [-0.39, 0.29) is 11.6 Å². The van der Waals surface area contributed by atoms with E-state index < -0.39 is 0 Å². The molecule has 1 heterocycles. The molecule has 0 N–H and O–H groups in total. The number of fused-ring (bicyclic) bond motifs is 3. The lowest BCUT2D eigenvalue weighted by atomic mass is 9.91. The Morgan fingerprint density at radius 2 is 1.74 bits per heavy atom. The van der Waals surface area contributed by atoms with Crippen LogP contribution in [0.4, 0.5) is 4.39 Å². The van der Waals surface area contributed by atoms with Gasteiger partial charge in [0.05, 0.1) is 0 Å². The molecule has 2 nitrogen and oxygen atoms in total. The van der Waals surface area contributed by atoms with Crippen molar-refractivity contribution >= 4 is 17.4 Å². The summed E-state index contributed by atoms with van der Waals surface area (Å²) in [5, 5.41) is 0. The van der Waals surface area contributed by atoms with Crippen LogP contribution in [0.25, 0.3) is 11.6 Å². The lowest BCUT2D eigenvalue weighted by Crippen LogP contribution is -1.95. The molecule has 1 aliphatic carbocycles. The molecule has 0 spiro atoms. The number of carbonyl (C=O) groups is 1. The predicted octanol–water partition coefficient (Wildman–Crippen LogP) is 5.44. The molecule has 0 atom stereocenters. The molecular formula is C24H17FO2. The number of benzene rings is 3. The van der Waals surface area contributed by atoms with E-state index >= 15 is 0 Å². The van der Waals surface area contributed by atoms with Gasteiger partial charge in [0.1, 0.15) is 18.2 Å². The van der Waals surface area contributed by atoms with E-state index in [4.69, 9.17) is 4.74 Å². The van der Waals surface area contributed by atoms with Crippen LogP contribution >= 0.6 is 0 Å². The van der Waals surface area contributed by atoms with Crippen LogP contribution in [0.2, 0.25) is 0 Å². The fourth-order valence-corrected chi connectivity index (χ4v) is 4.01. The van der Waals surface area contributed by atoms with Crippen molar-refractivity contribution < 1.29 is 13.9 Å². The van der Waals surface area contributed by atoms with E-state index in [1.54, 1.807) is 6.07 Å². The summed E-state index contributed by atoms with van der Waals surface area (Å²) in [6.07, 6.45) is 3.45. The zero-order valence-corrected chi connectivity index (χ0v) is 14.7. The first-order chi connectivity index (χ1) is 13.2. The highest BCUT2D eigenvalue weighted by molar-refractivity contribution is 6.03. The van der Waals surface area contributed by atoms with Gasteiger partial charge in [0.15, 0.2) is 5.78 Å². The zero-order valence-electron chi connectivity index (χ0n) is 14.7. The number of hydrogen-bond donors (Lipinski definition) is 0. The largest absolute Gasteiger partial charge is 0.488 e. The van der Waals surface area contributed by atoms with Crippen LogP contribution in [0.1, 0.15) is 44.6 Å². The van der Waals surface area contributed by atoms with Crippen LogP contribution in [0, 0.1) is 5.82 Å². The third-order valence-corrected chi connectivity index (χ3v) is 5.34. The van der Waals surface area contributed by atoms with Gasteiger partial charge in [-0.3, -0.25) is 4.79 Å². The highest BCUT2D eigenvalue weighted by Crippen LogP contribution is 2.39. The van der Waals surface area contributed by atoms with Gasteiger partial charge in [-0.1, -0.05) is 42.5 Å². The molecule has 0 saturated heterocycles. The minimum absolute atomic E-state index is 0.206. The van der Waals surface area contributed by atoms with Crippen molar-refractivity contribution in [1.82, 2.24) is 0 Å². The number of Topliss-reactive ketones (excluding diaryl/α,β-unsaturated/α-hetero) is 1. The van der Waals surface area contributed by atoms with Gasteiger partial charge in [-0.15, -0.1) is 0 Å². The summed E-state index contributed by atoms with van der Waals surface area (Å²) >= 11 is 0. The standard InChI is InChI=1S/C24H17FO2/c25-17-8-9-21-22(12-15-5-3-7-20-19(15)10-11-23(20)26)18-6-2-1-4-16(18)14-27-24(21)13-17/h1-9,12-13H,10-11,14H2/b22-12+. The number of rotatable bonds is 1. The molecular weight excluding hydrogens is 339 g/mol. The monoisotopic (exact) mass is 356 g/mol. The lowest BCUT2D eigenvalue weighted by molar-refractivity contribution is 0.0994. The van der Waals surface area contributed by atoms with Gasteiger partial charge in [0.25, 0.3) is 0 Å². The Balaban J connectivity index is 1.77. The molecule has 3 aromatic rings. The average molecular weight is 356 g/mol. The number of ketones is 1. The second-order valence-corrected chi connectivity index (χ2v) is 6.94. The molecule has 0 saturated carbocycles. The highest BCUT2D eigenvalue weighted by atomic mass is 19.1. The maximum atomic E-state index is 13.8. The molecule has 2 aliphatic rings. The van der Waals surface area contributed by atoms with Crippen LogP contribution < -0.4 is 4.74 Å². The highest BCUT2D eigenvalue weighted by Gasteiger charge is 2.23. The van der Waals surface area contributed by atoms with E-state index in [0.29, 0.717) is 18.8 Å². The van der Waals surface area contributed by atoms with Crippen molar-refractivity contribution in [2.75, 3.05) is 0 Å². The van der Waals surface area contributed by atoms with Crippen LogP contribution in [0.3, 0.4) is 0 Å². The van der Waals surface area contributed by atoms with E-state index in [1.165, 1.54) is 12.1 Å². The second-order valence-electron chi connectivity index (χ2n) is 6.94. The SMILES string of the molecule is O=C1CCc2c(/C=C3\c4ccccc4COc4cc(F)ccc43)cccc21. The number of hydrogen-bond acceptors (Lipinski definition) is 2. The molecule has 0 radical (unpaired) electrons. The van der Waals surface area contributed by atoms with Crippen molar-refractivity contribution in [1.29, 1.82) is 0 Å². The molecule has 5 rings (SSSR count). The van der Waals surface area contributed by atoms with Crippen molar-refractivity contribution in [2.24, 2.45) is 0 Å². The Bertz CT molecular complexity index is 1110. The summed E-state index contributed by atoms with van der Waals surface area (Å²) < 4.78 is 19.7. The van der Waals surface area contributed by atoms with Gasteiger partial charge >= 0.3 is 0 Å². The normalized spacial score (nSPS) is 16.3. The van der Waals surface area contributed by atoms with Gasteiger partial charge in [-0.05, 0) is 52.5 Å². The van der Waals surface area contributed by atoms with Crippen LogP contribution in [-0.4, -0.2) is 5.78 Å². The fourth-order valence-electron chi connectivity index (χ4n) is 4.01. The molecule has 0 fully saturated rings. The summed E-state index contributed by atoms with van der Waals surface area (Å²) in [6.45, 7) is 0.398. The number of ether oxygens (including phenoxy) is 1. The van der Waals surface area contributed by atoms with E-state index in [9.17, 15) is 9.18 Å². The van der Waals surface area contributed by atoms with Crippen LogP contribution in [-0.2, 0) is 13.0 Å².